The predicted octanol–water partition coefficient (Wildman–Crippen LogP) is 6.62. The molecule has 49 heavy (non-hydrogen) atoms. The Balaban J connectivity index is 1.38. The van der Waals surface area contributed by atoms with Crippen LogP contribution in [0.15, 0.2) is 174 Å². The largest absolute Gasteiger partial charge is 0.312 e. The fourth-order valence-electron chi connectivity index (χ4n) is 8.22. The summed E-state index contributed by atoms with van der Waals surface area (Å²) in [7, 11) is 0. The molecule has 0 bridgehead atoms. The maximum Gasteiger partial charge on any atom is 0.249 e. The Morgan fingerprint density at radius 2 is 1.04 bits per heavy atom. The number of para-hydroxylation sites is 3. The van der Waals surface area contributed by atoms with Gasteiger partial charge in [-0.3, -0.25) is 0 Å². The molecule has 3 aliphatic rings. The van der Waals surface area contributed by atoms with Crippen LogP contribution in [0, 0.1) is 11.3 Å². The van der Waals surface area contributed by atoms with E-state index < -0.39 is 0 Å². The van der Waals surface area contributed by atoms with Gasteiger partial charge >= 0.3 is 0 Å². The summed E-state index contributed by atoms with van der Waals surface area (Å²) in [5, 5.41) is 9.67. The van der Waals surface area contributed by atoms with Gasteiger partial charge in [-0.1, -0.05) is 126 Å². The lowest BCUT2D eigenvalue weighted by Gasteiger charge is -2.46. The highest BCUT2D eigenvalue weighted by atomic mass is 32.2. The van der Waals surface area contributed by atoms with Gasteiger partial charge in [-0.2, -0.15) is 5.26 Å². The highest BCUT2D eigenvalue weighted by Gasteiger charge is 2.47. The second-order valence-corrected chi connectivity index (χ2v) is 13.9. The maximum absolute atomic E-state index is 9.67. The third-order valence-electron chi connectivity index (χ3n) is 10.2. The lowest BCUT2D eigenvalue weighted by Crippen LogP contribution is -2.65. The Morgan fingerprint density at radius 3 is 1.76 bits per heavy atom. The Kier molecular flexibility index (Phi) is 6.37. The van der Waals surface area contributed by atoms with Crippen LogP contribution < -0.4 is 42.6 Å². The number of nitrogens with zero attached hydrogens (tertiary/aromatic N) is 3. The summed E-state index contributed by atoms with van der Waals surface area (Å²) in [5.41, 5.74) is 15.5. The fraction of sp³-hybridized carbons (Fsp3) is 0. The van der Waals surface area contributed by atoms with Crippen LogP contribution >= 0.6 is 11.8 Å². The van der Waals surface area contributed by atoms with Crippen molar-refractivity contribution in [1.29, 1.82) is 5.26 Å². The first kappa shape index (κ1) is 28.2. The Hall–Kier alpha value is -5.89. The van der Waals surface area contributed by atoms with Crippen molar-refractivity contribution in [2.24, 2.45) is 0 Å². The molecule has 7 aromatic rings. The van der Waals surface area contributed by atoms with Crippen LogP contribution in [0.2, 0.25) is 0 Å². The van der Waals surface area contributed by atoms with Crippen molar-refractivity contribution >= 4 is 92.1 Å². The summed E-state index contributed by atoms with van der Waals surface area (Å²) in [6.45, 7) is 0.0856. The van der Waals surface area contributed by atoms with Crippen molar-refractivity contribution in [1.82, 2.24) is 0 Å². The van der Waals surface area contributed by atoms with E-state index >= 15 is 0 Å². The van der Waals surface area contributed by atoms with Crippen molar-refractivity contribution in [3.63, 3.8) is 0 Å². The van der Waals surface area contributed by atoms with Gasteiger partial charge in [0.25, 0.3) is 0 Å². The van der Waals surface area contributed by atoms with Gasteiger partial charge in [0.15, 0.2) is 0 Å². The Morgan fingerprint density at radius 1 is 0.469 bits per heavy atom. The van der Waals surface area contributed by atoms with Gasteiger partial charge in [-0.25, -0.2) is 0 Å². The van der Waals surface area contributed by atoms with Gasteiger partial charge in [-0.05, 0) is 82.5 Å². The van der Waals surface area contributed by atoms with Crippen LogP contribution in [-0.2, 0) is 0 Å². The number of nitriles is 1. The average Bonchev–Trinajstić information content (AvgIpc) is 3.17. The third kappa shape index (κ3) is 4.19. The van der Waals surface area contributed by atoms with E-state index in [0.29, 0.717) is 5.56 Å². The molecule has 0 saturated heterocycles. The van der Waals surface area contributed by atoms with Crippen LogP contribution in [0.4, 0.5) is 34.1 Å². The normalized spacial score (nSPS) is 13.4. The highest BCUT2D eigenvalue weighted by molar-refractivity contribution is 8.00. The number of benzene rings is 7. The summed E-state index contributed by atoms with van der Waals surface area (Å²) >= 11 is 1.88. The van der Waals surface area contributed by atoms with E-state index in [2.05, 4.69) is 168 Å². The zero-order valence-corrected chi connectivity index (χ0v) is 27.3. The van der Waals surface area contributed by atoms with E-state index in [9.17, 15) is 5.26 Å². The van der Waals surface area contributed by atoms with E-state index in [4.69, 9.17) is 0 Å². The minimum Gasteiger partial charge on any atom is -0.312 e. The Bertz CT molecular complexity index is 2460. The van der Waals surface area contributed by atoms with Crippen molar-refractivity contribution in [2.75, 3.05) is 9.80 Å². The minimum absolute atomic E-state index is 0.0124. The number of rotatable bonds is 3. The molecule has 7 aromatic carbocycles. The van der Waals surface area contributed by atoms with Crippen LogP contribution in [0.3, 0.4) is 0 Å². The lowest BCUT2D eigenvalue weighted by molar-refractivity contribution is 1.24. The first-order valence-electron chi connectivity index (χ1n) is 16.7. The number of hydrogen-bond donors (Lipinski definition) is 0. The topological polar surface area (TPSA) is 30.3 Å². The molecular weight excluding hydrogens is 612 g/mol. The molecule has 3 aliphatic heterocycles. The first-order chi connectivity index (χ1) is 24.3. The molecule has 0 fully saturated rings. The predicted molar refractivity (Wildman–Crippen MR) is 207 cm³/mol. The van der Waals surface area contributed by atoms with Crippen LogP contribution in [0.1, 0.15) is 5.56 Å². The molecule has 0 amide bonds. The second kappa shape index (κ2) is 11.1. The summed E-state index contributed by atoms with van der Waals surface area (Å²) in [4.78, 5) is 7.52. The zero-order chi connectivity index (χ0) is 32.5. The molecule has 0 saturated carbocycles. The Labute approximate surface area is 291 Å². The fourth-order valence-corrected chi connectivity index (χ4v) is 9.40. The number of fused-ring (bicyclic) bond motifs is 7. The molecule has 0 aliphatic carbocycles. The SMILES string of the molecule is N#Cc1ccc(N2c3ccccc3B(c3ccccc3)c3c2cc2c4c3N(c3ccccc3)c3ccccc3B4c3ccccc3S2)cc1. The molecule has 0 N–H and O–H groups in total. The minimum atomic E-state index is -0.0124. The monoisotopic (exact) mass is 639 g/mol. The summed E-state index contributed by atoms with van der Waals surface area (Å²) in [6, 6.07) is 61.4. The van der Waals surface area contributed by atoms with Crippen molar-refractivity contribution < 1.29 is 0 Å². The molecule has 0 spiro atoms. The van der Waals surface area contributed by atoms with E-state index in [0.717, 1.165) is 22.7 Å². The van der Waals surface area contributed by atoms with Gasteiger partial charge in [0.2, 0.25) is 13.4 Å². The molecule has 0 unspecified atom stereocenters. The molecule has 6 heteroatoms. The average molecular weight is 639 g/mol. The third-order valence-corrected chi connectivity index (χ3v) is 11.3. The van der Waals surface area contributed by atoms with E-state index in [1.807, 2.05) is 23.9 Å². The van der Waals surface area contributed by atoms with E-state index in [1.165, 1.54) is 53.9 Å². The molecular formula is C43H27B2N3S. The maximum atomic E-state index is 9.67. The van der Waals surface area contributed by atoms with Crippen molar-refractivity contribution in [3.05, 3.63) is 169 Å². The van der Waals surface area contributed by atoms with Crippen molar-refractivity contribution in [2.45, 2.75) is 9.79 Å². The van der Waals surface area contributed by atoms with Crippen LogP contribution in [0.5, 0.6) is 0 Å². The molecule has 0 aromatic heterocycles. The standard InChI is InChI=1S/C43H27B2N3S/c46-28-29-23-25-32(26-24-29)47-36-20-10-7-17-33(36)44(30-13-3-1-4-14-30)41-38(47)27-40-42-43(41)48(31-15-5-2-6-16-31)37-21-11-8-18-34(37)45(42)35-19-9-12-22-39(35)49-40/h1-27H. The summed E-state index contributed by atoms with van der Waals surface area (Å²) in [5.74, 6) is 0. The van der Waals surface area contributed by atoms with Gasteiger partial charge in [0.05, 0.1) is 11.6 Å². The molecule has 3 nitrogen and oxygen atoms in total. The molecule has 3 heterocycles. The molecule has 226 valence electrons. The summed E-state index contributed by atoms with van der Waals surface area (Å²) < 4.78 is 0. The highest BCUT2D eigenvalue weighted by Crippen LogP contribution is 2.46. The number of anilines is 6. The van der Waals surface area contributed by atoms with E-state index in [1.54, 1.807) is 0 Å². The summed E-state index contributed by atoms with van der Waals surface area (Å²) in [6.07, 6.45) is 0. The van der Waals surface area contributed by atoms with Crippen LogP contribution in [0.25, 0.3) is 0 Å². The molecule has 0 atom stereocenters. The zero-order valence-electron chi connectivity index (χ0n) is 26.5. The second-order valence-electron chi connectivity index (χ2n) is 12.8. The lowest BCUT2D eigenvalue weighted by atomic mass is 9.31. The first-order valence-corrected chi connectivity index (χ1v) is 17.5. The van der Waals surface area contributed by atoms with Crippen molar-refractivity contribution in [3.8, 4) is 6.07 Å². The van der Waals surface area contributed by atoms with Crippen LogP contribution in [-0.4, -0.2) is 13.4 Å². The number of hydrogen-bond acceptors (Lipinski definition) is 4. The van der Waals surface area contributed by atoms with Gasteiger partial charge in [0.1, 0.15) is 0 Å². The molecule has 0 radical (unpaired) electrons. The molecule has 10 rings (SSSR count). The van der Waals surface area contributed by atoms with Gasteiger partial charge < -0.3 is 9.80 Å². The van der Waals surface area contributed by atoms with E-state index in [-0.39, 0.29) is 13.4 Å². The smallest absolute Gasteiger partial charge is 0.249 e. The van der Waals surface area contributed by atoms with Gasteiger partial charge in [0, 0.05) is 43.9 Å². The van der Waals surface area contributed by atoms with Gasteiger partial charge in [-0.15, -0.1) is 0 Å². The quantitative estimate of drug-likeness (QED) is 0.204.